The number of rotatable bonds is 2. The van der Waals surface area contributed by atoms with Gasteiger partial charge < -0.3 is 0 Å². The summed E-state index contributed by atoms with van der Waals surface area (Å²) in [7, 11) is 0. The summed E-state index contributed by atoms with van der Waals surface area (Å²) in [6.07, 6.45) is 2.32. The maximum Gasteiger partial charge on any atom is 0.138 e. The van der Waals surface area contributed by atoms with Gasteiger partial charge in [0.15, 0.2) is 0 Å². The lowest BCUT2D eigenvalue weighted by Gasteiger charge is -2.05. The van der Waals surface area contributed by atoms with Gasteiger partial charge >= 0.3 is 0 Å². The van der Waals surface area contributed by atoms with Gasteiger partial charge in [-0.3, -0.25) is 0 Å². The van der Waals surface area contributed by atoms with Crippen LogP contribution in [0.1, 0.15) is 17.8 Å². The standard InChI is InChI=1S/C5H6BrN3S/c6-9-5(1-2-5)4-8-7-3-10-4/h3,9H,1-2H2. The van der Waals surface area contributed by atoms with Gasteiger partial charge in [0.2, 0.25) is 0 Å². The Balaban J connectivity index is 2.27. The van der Waals surface area contributed by atoms with Gasteiger partial charge in [0.25, 0.3) is 0 Å². The molecule has 0 atom stereocenters. The van der Waals surface area contributed by atoms with Crippen molar-refractivity contribution in [2.45, 2.75) is 18.4 Å². The van der Waals surface area contributed by atoms with E-state index in [0.717, 1.165) is 17.8 Å². The fourth-order valence-corrected chi connectivity index (χ4v) is 2.34. The van der Waals surface area contributed by atoms with Crippen molar-refractivity contribution in [2.75, 3.05) is 0 Å². The number of nitrogens with zero attached hydrogens (tertiary/aromatic N) is 2. The van der Waals surface area contributed by atoms with Crippen LogP contribution in [0.4, 0.5) is 0 Å². The molecule has 1 N–H and O–H groups in total. The Morgan fingerprint density at radius 3 is 2.90 bits per heavy atom. The fourth-order valence-electron chi connectivity index (χ4n) is 0.855. The van der Waals surface area contributed by atoms with Gasteiger partial charge in [0.1, 0.15) is 10.5 Å². The van der Waals surface area contributed by atoms with Gasteiger partial charge in [0.05, 0.1) is 5.54 Å². The summed E-state index contributed by atoms with van der Waals surface area (Å²) in [4.78, 5) is 0. The summed E-state index contributed by atoms with van der Waals surface area (Å²) in [5.74, 6) is 0. The zero-order valence-corrected chi connectivity index (χ0v) is 7.57. The minimum atomic E-state index is 0.126. The van der Waals surface area contributed by atoms with Crippen LogP contribution in [0, 0.1) is 0 Å². The number of nitrogens with one attached hydrogen (secondary N) is 1. The summed E-state index contributed by atoms with van der Waals surface area (Å²) in [5.41, 5.74) is 1.89. The number of hydrogen-bond acceptors (Lipinski definition) is 4. The molecule has 0 aromatic carbocycles. The van der Waals surface area contributed by atoms with Crippen LogP contribution in [0.15, 0.2) is 5.51 Å². The lowest BCUT2D eigenvalue weighted by molar-refractivity contribution is 0.671. The molecule has 1 saturated carbocycles. The number of hydrogen-bond donors (Lipinski definition) is 1. The van der Waals surface area contributed by atoms with E-state index in [-0.39, 0.29) is 5.54 Å². The smallest absolute Gasteiger partial charge is 0.138 e. The minimum Gasteiger partial charge on any atom is -0.243 e. The van der Waals surface area contributed by atoms with Crippen molar-refractivity contribution in [3.05, 3.63) is 10.5 Å². The predicted octanol–water partition coefficient (Wildman–Crippen LogP) is 1.43. The second-order valence-corrected chi connectivity index (χ2v) is 3.65. The Hall–Kier alpha value is -0.0000000000000000278. The second-order valence-electron chi connectivity index (χ2n) is 2.42. The molecule has 1 aromatic rings. The molecule has 10 heavy (non-hydrogen) atoms. The molecular weight excluding hydrogens is 214 g/mol. The summed E-state index contributed by atoms with van der Waals surface area (Å²) >= 11 is 4.85. The maximum absolute atomic E-state index is 4.00. The average Bonchev–Trinajstić information content (AvgIpc) is 2.58. The van der Waals surface area contributed by atoms with E-state index in [2.05, 4.69) is 30.7 Å². The second kappa shape index (κ2) is 2.25. The van der Waals surface area contributed by atoms with E-state index in [0.29, 0.717) is 0 Å². The summed E-state index contributed by atoms with van der Waals surface area (Å²) < 4.78 is 3.08. The fraction of sp³-hybridized carbons (Fsp3) is 0.600. The first kappa shape index (κ1) is 6.69. The number of halogens is 1. The molecule has 3 nitrogen and oxygen atoms in total. The van der Waals surface area contributed by atoms with Crippen LogP contribution in [0.3, 0.4) is 0 Å². The van der Waals surface area contributed by atoms with E-state index in [9.17, 15) is 0 Å². The molecule has 0 aliphatic heterocycles. The largest absolute Gasteiger partial charge is 0.243 e. The van der Waals surface area contributed by atoms with Gasteiger partial charge in [-0.1, -0.05) is 0 Å². The van der Waals surface area contributed by atoms with Crippen molar-refractivity contribution in [3.63, 3.8) is 0 Å². The Kier molecular flexibility index (Phi) is 1.51. The third kappa shape index (κ3) is 0.889. The Morgan fingerprint density at radius 2 is 2.50 bits per heavy atom. The molecule has 0 saturated heterocycles. The Labute approximate surface area is 71.2 Å². The van der Waals surface area contributed by atoms with Crippen LogP contribution in [-0.2, 0) is 5.54 Å². The van der Waals surface area contributed by atoms with Crippen LogP contribution < -0.4 is 4.34 Å². The lowest BCUT2D eigenvalue weighted by atomic mass is 10.3. The van der Waals surface area contributed by atoms with Crippen molar-refractivity contribution < 1.29 is 0 Å². The molecule has 54 valence electrons. The molecule has 0 unspecified atom stereocenters. The molecule has 2 rings (SSSR count). The molecule has 0 amide bonds. The average molecular weight is 220 g/mol. The van der Waals surface area contributed by atoms with Gasteiger partial charge in [-0.2, -0.15) is 0 Å². The SMILES string of the molecule is BrNC1(c2nncs2)CC1. The topological polar surface area (TPSA) is 37.8 Å². The van der Waals surface area contributed by atoms with E-state index in [1.807, 2.05) is 0 Å². The highest BCUT2D eigenvalue weighted by Gasteiger charge is 2.46. The summed E-state index contributed by atoms with van der Waals surface area (Å²) in [5, 5.41) is 8.87. The Morgan fingerprint density at radius 1 is 1.70 bits per heavy atom. The monoisotopic (exact) mass is 219 g/mol. The minimum absolute atomic E-state index is 0.126. The highest BCUT2D eigenvalue weighted by atomic mass is 79.9. The zero-order valence-electron chi connectivity index (χ0n) is 5.17. The molecule has 1 fully saturated rings. The van der Waals surface area contributed by atoms with E-state index in [4.69, 9.17) is 0 Å². The molecule has 1 heterocycles. The van der Waals surface area contributed by atoms with Crippen molar-refractivity contribution in [3.8, 4) is 0 Å². The van der Waals surface area contributed by atoms with Crippen molar-refractivity contribution in [2.24, 2.45) is 0 Å². The first-order valence-corrected chi connectivity index (χ1v) is 4.69. The molecule has 1 aromatic heterocycles. The van der Waals surface area contributed by atoms with E-state index in [1.54, 1.807) is 16.8 Å². The van der Waals surface area contributed by atoms with E-state index >= 15 is 0 Å². The Bertz CT molecular complexity index is 219. The van der Waals surface area contributed by atoms with Crippen molar-refractivity contribution >= 4 is 27.5 Å². The van der Waals surface area contributed by atoms with Crippen LogP contribution in [0.5, 0.6) is 0 Å². The molecule has 0 radical (unpaired) electrons. The summed E-state index contributed by atoms with van der Waals surface area (Å²) in [6, 6.07) is 0. The highest BCUT2D eigenvalue weighted by Crippen LogP contribution is 2.46. The maximum atomic E-state index is 4.00. The van der Waals surface area contributed by atoms with Crippen LogP contribution in [0.2, 0.25) is 0 Å². The summed E-state index contributed by atoms with van der Waals surface area (Å²) in [6.45, 7) is 0. The molecule has 1 aliphatic carbocycles. The molecule has 1 aliphatic rings. The first-order chi connectivity index (χ1) is 4.87. The quantitative estimate of drug-likeness (QED) is 0.766. The molecule has 5 heteroatoms. The van der Waals surface area contributed by atoms with Gasteiger partial charge in [0, 0.05) is 16.1 Å². The van der Waals surface area contributed by atoms with Crippen molar-refractivity contribution in [1.82, 2.24) is 14.5 Å². The molecular formula is C5H6BrN3S. The van der Waals surface area contributed by atoms with Crippen LogP contribution in [-0.4, -0.2) is 10.2 Å². The third-order valence-electron chi connectivity index (χ3n) is 1.70. The van der Waals surface area contributed by atoms with E-state index in [1.165, 1.54) is 0 Å². The van der Waals surface area contributed by atoms with Gasteiger partial charge in [-0.25, -0.2) is 4.34 Å². The zero-order chi connectivity index (χ0) is 7.03. The lowest BCUT2D eigenvalue weighted by Crippen LogP contribution is -2.18. The van der Waals surface area contributed by atoms with Crippen molar-refractivity contribution in [1.29, 1.82) is 0 Å². The van der Waals surface area contributed by atoms with Crippen LogP contribution in [0.25, 0.3) is 0 Å². The van der Waals surface area contributed by atoms with Gasteiger partial charge in [-0.05, 0) is 12.8 Å². The van der Waals surface area contributed by atoms with Gasteiger partial charge in [-0.15, -0.1) is 21.5 Å². The highest BCUT2D eigenvalue weighted by molar-refractivity contribution is 9.08. The van der Waals surface area contributed by atoms with Crippen LogP contribution >= 0.6 is 27.5 Å². The molecule has 0 spiro atoms. The predicted molar refractivity (Wildman–Crippen MR) is 42.9 cm³/mol. The number of aromatic nitrogens is 2. The van der Waals surface area contributed by atoms with E-state index < -0.39 is 0 Å². The normalized spacial score (nSPS) is 20.9. The molecule has 0 bridgehead atoms. The first-order valence-electron chi connectivity index (χ1n) is 3.02. The third-order valence-corrected chi connectivity index (χ3v) is 3.35.